The number of amides is 2. The van der Waals surface area contributed by atoms with Gasteiger partial charge in [-0.3, -0.25) is 14.4 Å². The van der Waals surface area contributed by atoms with Crippen LogP contribution in [-0.4, -0.2) is 59.4 Å². The molecule has 0 radical (unpaired) electrons. The zero-order valence-electron chi connectivity index (χ0n) is 13.7. The molecule has 23 heavy (non-hydrogen) atoms. The SMILES string of the molecule is CCN(C)C(=O)c1cccc(C(=O)N2CCC(C)(C(=O)O)C2)c1. The molecule has 124 valence electrons. The van der Waals surface area contributed by atoms with Crippen LogP contribution >= 0.6 is 0 Å². The Morgan fingerprint density at radius 3 is 2.52 bits per heavy atom. The highest BCUT2D eigenvalue weighted by Crippen LogP contribution is 2.31. The lowest BCUT2D eigenvalue weighted by molar-refractivity contribution is -0.147. The van der Waals surface area contributed by atoms with Crippen LogP contribution in [0.25, 0.3) is 0 Å². The predicted molar refractivity (Wildman–Crippen MR) is 85.3 cm³/mol. The van der Waals surface area contributed by atoms with E-state index in [0.29, 0.717) is 30.6 Å². The number of aliphatic carboxylic acids is 1. The van der Waals surface area contributed by atoms with E-state index in [1.54, 1.807) is 48.0 Å². The molecule has 2 rings (SSSR count). The van der Waals surface area contributed by atoms with Gasteiger partial charge in [0.25, 0.3) is 11.8 Å². The lowest BCUT2D eigenvalue weighted by atomic mass is 9.90. The van der Waals surface area contributed by atoms with Gasteiger partial charge in [-0.15, -0.1) is 0 Å². The Bertz CT molecular complexity index is 643. The Balaban J connectivity index is 2.18. The van der Waals surface area contributed by atoms with Crippen LogP contribution in [0, 0.1) is 5.41 Å². The van der Waals surface area contributed by atoms with Crippen molar-refractivity contribution in [2.45, 2.75) is 20.3 Å². The fourth-order valence-corrected chi connectivity index (χ4v) is 2.64. The highest BCUT2D eigenvalue weighted by Gasteiger charge is 2.42. The molecule has 6 heteroatoms. The number of carboxylic acid groups (broad SMARTS) is 1. The molecule has 0 saturated carbocycles. The van der Waals surface area contributed by atoms with Crippen LogP contribution in [-0.2, 0) is 4.79 Å². The van der Waals surface area contributed by atoms with Crippen molar-refractivity contribution in [3.8, 4) is 0 Å². The van der Waals surface area contributed by atoms with Gasteiger partial charge in [-0.2, -0.15) is 0 Å². The number of likely N-dealkylation sites (tertiary alicyclic amines) is 1. The van der Waals surface area contributed by atoms with Gasteiger partial charge in [-0.1, -0.05) is 6.07 Å². The van der Waals surface area contributed by atoms with Crippen LogP contribution in [0.4, 0.5) is 0 Å². The first-order valence-corrected chi connectivity index (χ1v) is 7.66. The first kappa shape index (κ1) is 17.0. The first-order valence-electron chi connectivity index (χ1n) is 7.66. The number of benzene rings is 1. The fraction of sp³-hybridized carbons (Fsp3) is 0.471. The number of carbonyl (C=O) groups is 3. The second-order valence-electron chi connectivity index (χ2n) is 6.24. The molecule has 1 atom stereocenters. The van der Waals surface area contributed by atoms with E-state index < -0.39 is 11.4 Å². The van der Waals surface area contributed by atoms with E-state index in [1.165, 1.54) is 0 Å². The van der Waals surface area contributed by atoms with Gasteiger partial charge in [0.1, 0.15) is 0 Å². The molecule has 1 N–H and O–H groups in total. The van der Waals surface area contributed by atoms with E-state index in [-0.39, 0.29) is 18.4 Å². The van der Waals surface area contributed by atoms with Crippen LogP contribution in [0.5, 0.6) is 0 Å². The van der Waals surface area contributed by atoms with Gasteiger partial charge in [0.05, 0.1) is 5.41 Å². The lowest BCUT2D eigenvalue weighted by Gasteiger charge is -2.20. The standard InChI is InChI=1S/C17H22N2O4/c1-4-18(3)14(20)12-6-5-7-13(10-12)15(21)19-9-8-17(2,11-19)16(22)23/h5-7,10H,4,8-9,11H2,1-3H3,(H,22,23). The summed E-state index contributed by atoms with van der Waals surface area (Å²) in [4.78, 5) is 39.2. The zero-order chi connectivity index (χ0) is 17.2. The normalized spacial score (nSPS) is 20.4. The molecule has 1 heterocycles. The Labute approximate surface area is 135 Å². The Morgan fingerprint density at radius 2 is 1.96 bits per heavy atom. The number of hydrogen-bond donors (Lipinski definition) is 1. The van der Waals surface area contributed by atoms with Crippen LogP contribution in [0.1, 0.15) is 41.0 Å². The Morgan fingerprint density at radius 1 is 1.30 bits per heavy atom. The zero-order valence-corrected chi connectivity index (χ0v) is 13.7. The smallest absolute Gasteiger partial charge is 0.311 e. The van der Waals surface area contributed by atoms with Gasteiger partial charge in [-0.25, -0.2) is 0 Å². The average Bonchev–Trinajstić information content (AvgIpc) is 2.96. The lowest BCUT2D eigenvalue weighted by Crippen LogP contribution is -2.35. The Kier molecular flexibility index (Phi) is 4.73. The molecule has 1 aliphatic heterocycles. The second-order valence-corrected chi connectivity index (χ2v) is 6.24. The van der Waals surface area contributed by atoms with Crippen molar-refractivity contribution in [3.05, 3.63) is 35.4 Å². The van der Waals surface area contributed by atoms with Crippen molar-refractivity contribution in [2.75, 3.05) is 26.7 Å². The summed E-state index contributed by atoms with van der Waals surface area (Å²) in [6, 6.07) is 6.59. The van der Waals surface area contributed by atoms with E-state index >= 15 is 0 Å². The second kappa shape index (κ2) is 6.40. The van der Waals surface area contributed by atoms with E-state index in [1.807, 2.05) is 6.92 Å². The van der Waals surface area contributed by atoms with E-state index in [9.17, 15) is 19.5 Å². The number of rotatable bonds is 4. The minimum Gasteiger partial charge on any atom is -0.481 e. The predicted octanol–water partition coefficient (Wildman–Crippen LogP) is 1.72. The van der Waals surface area contributed by atoms with Gasteiger partial charge in [0.15, 0.2) is 0 Å². The number of carboxylic acids is 1. The number of nitrogens with zero attached hydrogens (tertiary/aromatic N) is 2. The topological polar surface area (TPSA) is 77.9 Å². The van der Waals surface area contributed by atoms with Crippen molar-refractivity contribution >= 4 is 17.8 Å². The molecule has 1 fully saturated rings. The summed E-state index contributed by atoms with van der Waals surface area (Å²) < 4.78 is 0. The van der Waals surface area contributed by atoms with Crippen molar-refractivity contribution < 1.29 is 19.5 Å². The molecule has 0 bridgehead atoms. The molecule has 1 aromatic carbocycles. The van der Waals surface area contributed by atoms with Crippen LogP contribution < -0.4 is 0 Å². The average molecular weight is 318 g/mol. The van der Waals surface area contributed by atoms with Crippen molar-refractivity contribution in [2.24, 2.45) is 5.41 Å². The van der Waals surface area contributed by atoms with E-state index in [2.05, 4.69) is 0 Å². The number of carbonyl (C=O) groups excluding carboxylic acids is 2. The maximum atomic E-state index is 12.6. The molecule has 6 nitrogen and oxygen atoms in total. The van der Waals surface area contributed by atoms with E-state index in [4.69, 9.17) is 0 Å². The molecule has 1 aliphatic rings. The summed E-state index contributed by atoms with van der Waals surface area (Å²) in [6.07, 6.45) is 0.436. The van der Waals surface area contributed by atoms with Gasteiger partial charge >= 0.3 is 5.97 Å². The third kappa shape index (κ3) is 3.36. The van der Waals surface area contributed by atoms with Crippen molar-refractivity contribution in [3.63, 3.8) is 0 Å². The summed E-state index contributed by atoms with van der Waals surface area (Å²) in [5.41, 5.74) is -0.0266. The monoisotopic (exact) mass is 318 g/mol. The molecule has 1 unspecified atom stereocenters. The quantitative estimate of drug-likeness (QED) is 0.917. The molecular formula is C17H22N2O4. The highest BCUT2D eigenvalue weighted by atomic mass is 16.4. The van der Waals surface area contributed by atoms with Gasteiger partial charge < -0.3 is 14.9 Å². The minimum absolute atomic E-state index is 0.140. The van der Waals surface area contributed by atoms with Crippen molar-refractivity contribution in [1.82, 2.24) is 9.80 Å². The molecule has 0 aromatic heterocycles. The molecule has 0 spiro atoms. The van der Waals surface area contributed by atoms with Crippen LogP contribution in [0.3, 0.4) is 0 Å². The molecule has 1 saturated heterocycles. The summed E-state index contributed by atoms with van der Waals surface area (Å²) in [5.74, 6) is -1.26. The third-order valence-corrected chi connectivity index (χ3v) is 4.45. The first-order chi connectivity index (χ1) is 10.8. The summed E-state index contributed by atoms with van der Waals surface area (Å²) in [6.45, 7) is 4.71. The van der Waals surface area contributed by atoms with Gasteiger partial charge in [-0.05, 0) is 38.5 Å². The summed E-state index contributed by atoms with van der Waals surface area (Å²) in [5, 5.41) is 9.26. The fourth-order valence-electron chi connectivity index (χ4n) is 2.64. The maximum Gasteiger partial charge on any atom is 0.311 e. The molecule has 0 aliphatic carbocycles. The van der Waals surface area contributed by atoms with Gasteiger partial charge in [0, 0.05) is 37.8 Å². The van der Waals surface area contributed by atoms with Crippen LogP contribution in [0.15, 0.2) is 24.3 Å². The maximum absolute atomic E-state index is 12.6. The van der Waals surface area contributed by atoms with Crippen molar-refractivity contribution in [1.29, 1.82) is 0 Å². The highest BCUT2D eigenvalue weighted by molar-refractivity contribution is 6.00. The largest absolute Gasteiger partial charge is 0.481 e. The third-order valence-electron chi connectivity index (χ3n) is 4.45. The molecule has 2 amide bonds. The van der Waals surface area contributed by atoms with Gasteiger partial charge in [0.2, 0.25) is 0 Å². The number of hydrogen-bond acceptors (Lipinski definition) is 3. The molecule has 1 aromatic rings. The van der Waals surface area contributed by atoms with Crippen LogP contribution in [0.2, 0.25) is 0 Å². The van der Waals surface area contributed by atoms with E-state index in [0.717, 1.165) is 0 Å². The summed E-state index contributed by atoms with van der Waals surface area (Å²) >= 11 is 0. The molecular weight excluding hydrogens is 296 g/mol. The summed E-state index contributed by atoms with van der Waals surface area (Å²) in [7, 11) is 1.70. The minimum atomic E-state index is -0.897. The Hall–Kier alpha value is -2.37.